The second-order valence-electron chi connectivity index (χ2n) is 5.24. The third kappa shape index (κ3) is 4.60. The summed E-state index contributed by atoms with van der Waals surface area (Å²) in [4.78, 5) is 17.6. The summed E-state index contributed by atoms with van der Waals surface area (Å²) < 4.78 is 1.96. The molecule has 0 radical (unpaired) electrons. The number of nitrogens with zero attached hydrogens (tertiary/aromatic N) is 2. The number of imidazole rings is 1. The van der Waals surface area contributed by atoms with Gasteiger partial charge in [-0.05, 0) is 36.4 Å². The van der Waals surface area contributed by atoms with Gasteiger partial charge in [-0.1, -0.05) is 24.3 Å². The smallest absolute Gasteiger partial charge is 0.220 e. The molecule has 2 aromatic heterocycles. The van der Waals surface area contributed by atoms with Gasteiger partial charge in [0.25, 0.3) is 0 Å². The van der Waals surface area contributed by atoms with Gasteiger partial charge in [0.05, 0.1) is 12.2 Å². The Hall–Kier alpha value is -2.27. The first-order chi connectivity index (χ1) is 11.3. The molecule has 5 heteroatoms. The van der Waals surface area contributed by atoms with E-state index in [1.807, 2.05) is 53.2 Å². The number of hydrogen-bond acceptors (Lipinski definition) is 3. The monoisotopic (exact) mass is 325 g/mol. The molecule has 0 aliphatic heterocycles. The van der Waals surface area contributed by atoms with E-state index in [1.165, 1.54) is 4.90 Å². The van der Waals surface area contributed by atoms with E-state index in [0.717, 1.165) is 23.5 Å². The van der Waals surface area contributed by atoms with E-state index in [4.69, 9.17) is 0 Å². The fourth-order valence-electron chi connectivity index (χ4n) is 2.29. The zero-order valence-corrected chi connectivity index (χ0v) is 13.6. The van der Waals surface area contributed by atoms with Crippen molar-refractivity contribution in [1.82, 2.24) is 14.7 Å². The van der Waals surface area contributed by atoms with Gasteiger partial charge in [-0.2, -0.15) is 0 Å². The number of amides is 1. The summed E-state index contributed by atoms with van der Waals surface area (Å²) in [5.41, 5.74) is 1.78. The predicted octanol–water partition coefficient (Wildman–Crippen LogP) is 3.52. The molecule has 3 aromatic rings. The number of nitrogens with one attached hydrogen (secondary N) is 1. The summed E-state index contributed by atoms with van der Waals surface area (Å²) >= 11 is 1.78. The maximum absolute atomic E-state index is 11.9. The number of hydrogen-bond donors (Lipinski definition) is 1. The topological polar surface area (TPSA) is 46.4 Å². The van der Waals surface area contributed by atoms with E-state index in [1.54, 1.807) is 11.8 Å². The number of thioether (sulfide) groups is 1. The third-order valence-electron chi connectivity index (χ3n) is 3.44. The van der Waals surface area contributed by atoms with Crippen molar-refractivity contribution in [2.75, 3.05) is 5.75 Å². The lowest BCUT2D eigenvalue weighted by atomic mass is 10.3. The Bertz CT molecular complexity index is 737. The van der Waals surface area contributed by atoms with Gasteiger partial charge in [0.1, 0.15) is 5.65 Å². The van der Waals surface area contributed by atoms with Gasteiger partial charge in [-0.15, -0.1) is 11.8 Å². The van der Waals surface area contributed by atoms with Crippen molar-refractivity contribution in [1.29, 1.82) is 0 Å². The number of carbonyl (C=O) groups excluding carboxylic acids is 1. The summed E-state index contributed by atoms with van der Waals surface area (Å²) in [6, 6.07) is 16.1. The number of fused-ring (bicyclic) bond motifs is 1. The van der Waals surface area contributed by atoms with Crippen molar-refractivity contribution in [2.45, 2.75) is 24.3 Å². The highest BCUT2D eigenvalue weighted by atomic mass is 32.2. The molecular formula is C18H19N3OS. The minimum absolute atomic E-state index is 0.0794. The van der Waals surface area contributed by atoms with Crippen LogP contribution in [0, 0.1) is 0 Å². The van der Waals surface area contributed by atoms with Crippen LogP contribution in [0.15, 0.2) is 65.8 Å². The number of benzene rings is 1. The van der Waals surface area contributed by atoms with E-state index in [0.29, 0.717) is 13.0 Å². The molecular weight excluding hydrogens is 306 g/mol. The molecule has 2 heterocycles. The van der Waals surface area contributed by atoms with Crippen LogP contribution < -0.4 is 5.32 Å². The van der Waals surface area contributed by atoms with Crippen LogP contribution in [0.1, 0.15) is 18.5 Å². The van der Waals surface area contributed by atoms with Gasteiger partial charge in [-0.3, -0.25) is 4.79 Å². The number of rotatable bonds is 7. The van der Waals surface area contributed by atoms with Crippen molar-refractivity contribution < 1.29 is 4.79 Å². The molecule has 0 aliphatic carbocycles. The average molecular weight is 325 g/mol. The Balaban J connectivity index is 1.38. The summed E-state index contributed by atoms with van der Waals surface area (Å²) in [6.45, 7) is 0.479. The molecule has 1 aromatic carbocycles. The summed E-state index contributed by atoms with van der Waals surface area (Å²) in [5.74, 6) is 1.03. The zero-order chi connectivity index (χ0) is 15.9. The molecule has 0 bridgehead atoms. The minimum atomic E-state index is 0.0794. The standard InChI is InChI=1S/C18H19N3OS/c22-18(10-6-12-23-16-7-2-1-3-8-16)19-13-15-14-21-11-5-4-9-17(21)20-15/h1-5,7-9,11,14H,6,10,12-13H2,(H,19,22). The van der Waals surface area contributed by atoms with Crippen LogP contribution in [0.5, 0.6) is 0 Å². The van der Waals surface area contributed by atoms with Crippen molar-refractivity contribution in [3.63, 3.8) is 0 Å². The Labute approximate surface area is 139 Å². The third-order valence-corrected chi connectivity index (χ3v) is 4.54. The molecule has 0 atom stereocenters. The van der Waals surface area contributed by atoms with Gasteiger partial charge in [-0.25, -0.2) is 4.98 Å². The molecule has 0 saturated heterocycles. The van der Waals surface area contributed by atoms with Crippen molar-refractivity contribution in [3.8, 4) is 0 Å². The normalized spacial score (nSPS) is 10.8. The first-order valence-corrected chi connectivity index (χ1v) is 8.67. The zero-order valence-electron chi connectivity index (χ0n) is 12.8. The molecule has 118 valence electrons. The summed E-state index contributed by atoms with van der Waals surface area (Å²) in [5, 5.41) is 2.93. The quantitative estimate of drug-likeness (QED) is 0.534. The van der Waals surface area contributed by atoms with Crippen LogP contribution in [0.4, 0.5) is 0 Å². The van der Waals surface area contributed by atoms with Crippen LogP contribution in [0.2, 0.25) is 0 Å². The van der Waals surface area contributed by atoms with Crippen LogP contribution in [0.3, 0.4) is 0 Å². The van der Waals surface area contributed by atoms with Crippen LogP contribution in [0.25, 0.3) is 5.65 Å². The van der Waals surface area contributed by atoms with E-state index in [2.05, 4.69) is 22.4 Å². The lowest BCUT2D eigenvalue weighted by molar-refractivity contribution is -0.121. The second kappa shape index (κ2) is 7.83. The van der Waals surface area contributed by atoms with Crippen LogP contribution in [-0.4, -0.2) is 21.0 Å². The highest BCUT2D eigenvalue weighted by molar-refractivity contribution is 7.99. The van der Waals surface area contributed by atoms with Gasteiger partial charge in [0.15, 0.2) is 0 Å². The molecule has 0 fully saturated rings. The second-order valence-corrected chi connectivity index (χ2v) is 6.41. The molecule has 3 rings (SSSR count). The average Bonchev–Trinajstić information content (AvgIpc) is 3.01. The number of carbonyl (C=O) groups is 1. The highest BCUT2D eigenvalue weighted by Crippen LogP contribution is 2.18. The van der Waals surface area contributed by atoms with Crippen LogP contribution >= 0.6 is 11.8 Å². The fourth-order valence-corrected chi connectivity index (χ4v) is 3.16. The lowest BCUT2D eigenvalue weighted by Crippen LogP contribution is -2.22. The fraction of sp³-hybridized carbons (Fsp3) is 0.222. The Kier molecular flexibility index (Phi) is 5.32. The highest BCUT2D eigenvalue weighted by Gasteiger charge is 2.04. The van der Waals surface area contributed by atoms with E-state index in [-0.39, 0.29) is 5.91 Å². The van der Waals surface area contributed by atoms with Crippen molar-refractivity contribution in [2.24, 2.45) is 0 Å². The van der Waals surface area contributed by atoms with Gasteiger partial charge in [0, 0.05) is 23.7 Å². The molecule has 0 aliphatic rings. The maximum Gasteiger partial charge on any atom is 0.220 e. The Morgan fingerprint density at radius 1 is 1.13 bits per heavy atom. The number of pyridine rings is 1. The van der Waals surface area contributed by atoms with Crippen LogP contribution in [-0.2, 0) is 11.3 Å². The lowest BCUT2D eigenvalue weighted by Gasteiger charge is -2.03. The SMILES string of the molecule is O=C(CCCSc1ccccc1)NCc1cn2ccccc2n1. The Morgan fingerprint density at radius 3 is 2.78 bits per heavy atom. The minimum Gasteiger partial charge on any atom is -0.350 e. The number of aromatic nitrogens is 2. The Morgan fingerprint density at radius 2 is 1.96 bits per heavy atom. The summed E-state index contributed by atoms with van der Waals surface area (Å²) in [6.07, 6.45) is 5.32. The molecule has 0 spiro atoms. The van der Waals surface area contributed by atoms with Gasteiger partial charge < -0.3 is 9.72 Å². The largest absolute Gasteiger partial charge is 0.350 e. The predicted molar refractivity (Wildman–Crippen MR) is 93.4 cm³/mol. The molecule has 1 amide bonds. The van der Waals surface area contributed by atoms with Crippen molar-refractivity contribution >= 4 is 23.3 Å². The van der Waals surface area contributed by atoms with Gasteiger partial charge >= 0.3 is 0 Å². The molecule has 23 heavy (non-hydrogen) atoms. The van der Waals surface area contributed by atoms with E-state index in [9.17, 15) is 4.79 Å². The van der Waals surface area contributed by atoms with Gasteiger partial charge in [0.2, 0.25) is 5.91 Å². The van der Waals surface area contributed by atoms with Crippen molar-refractivity contribution in [3.05, 3.63) is 66.6 Å². The molecule has 4 nitrogen and oxygen atoms in total. The summed E-state index contributed by atoms with van der Waals surface area (Å²) in [7, 11) is 0. The first-order valence-electron chi connectivity index (χ1n) is 7.68. The van der Waals surface area contributed by atoms with E-state index < -0.39 is 0 Å². The maximum atomic E-state index is 11.9. The molecule has 0 saturated carbocycles. The molecule has 1 N–H and O–H groups in total. The van der Waals surface area contributed by atoms with E-state index >= 15 is 0 Å². The molecule has 0 unspecified atom stereocenters. The first kappa shape index (κ1) is 15.6.